The molecule has 0 aliphatic rings. The molecule has 0 aliphatic heterocycles. The molecule has 0 amide bonds. The zero-order valence-electron chi connectivity index (χ0n) is 13.8. The maximum atomic E-state index is 13.6. The van der Waals surface area contributed by atoms with Gasteiger partial charge < -0.3 is 9.30 Å². The summed E-state index contributed by atoms with van der Waals surface area (Å²) in [5.41, 5.74) is 0.909. The number of carbonyl (C=O) groups is 1. The summed E-state index contributed by atoms with van der Waals surface area (Å²) in [4.78, 5) is 12.5. The number of nitrogens with zero attached hydrogens (tertiary/aromatic N) is 2. The average molecular weight is 376 g/mol. The van der Waals surface area contributed by atoms with E-state index in [4.69, 9.17) is 10.00 Å². The van der Waals surface area contributed by atoms with Crippen LogP contribution < -0.4 is 4.74 Å². The lowest BCUT2D eigenvalue weighted by Gasteiger charge is -2.08. The summed E-state index contributed by atoms with van der Waals surface area (Å²) in [5, 5.41) is 9.31. The first kappa shape index (κ1) is 18.5. The number of benzene rings is 2. The number of ketones is 1. The van der Waals surface area contributed by atoms with Crippen molar-refractivity contribution < 1.29 is 27.1 Å². The van der Waals surface area contributed by atoms with E-state index in [1.165, 1.54) is 6.20 Å². The largest absolute Gasteiger partial charge is 0.479 e. The fourth-order valence-electron chi connectivity index (χ4n) is 2.72. The summed E-state index contributed by atoms with van der Waals surface area (Å²) >= 11 is 0. The summed E-state index contributed by atoms with van der Waals surface area (Å²) < 4.78 is 60.2. The van der Waals surface area contributed by atoms with Crippen LogP contribution in [-0.4, -0.2) is 17.0 Å². The Labute approximate surface area is 151 Å². The first-order valence-electron chi connectivity index (χ1n) is 7.87. The van der Waals surface area contributed by atoms with Crippen LogP contribution in [0.5, 0.6) is 5.75 Å². The molecule has 0 aliphatic carbocycles. The van der Waals surface area contributed by atoms with E-state index in [1.54, 1.807) is 28.8 Å². The van der Waals surface area contributed by atoms with Crippen LogP contribution in [-0.2, 0) is 6.54 Å². The highest BCUT2D eigenvalue weighted by Crippen LogP contribution is 2.27. The van der Waals surface area contributed by atoms with Crippen molar-refractivity contribution in [2.24, 2.45) is 0 Å². The number of ether oxygens (including phenoxy) is 1. The van der Waals surface area contributed by atoms with Gasteiger partial charge in [0.2, 0.25) is 17.4 Å². The second kappa shape index (κ2) is 7.50. The quantitative estimate of drug-likeness (QED) is 0.365. The van der Waals surface area contributed by atoms with Gasteiger partial charge in [0.1, 0.15) is 0 Å². The normalized spacial score (nSPS) is 10.8. The van der Waals surface area contributed by atoms with E-state index in [-0.39, 0.29) is 18.1 Å². The smallest absolute Gasteiger partial charge is 0.203 e. The molecule has 4 nitrogen and oxygen atoms in total. The molecule has 0 saturated carbocycles. The lowest BCUT2D eigenvalue weighted by Crippen LogP contribution is -2.14. The third-order valence-corrected chi connectivity index (χ3v) is 3.97. The van der Waals surface area contributed by atoms with Crippen LogP contribution in [0.1, 0.15) is 16.8 Å². The number of para-hydroxylation sites is 1. The molecule has 0 spiro atoms. The van der Waals surface area contributed by atoms with E-state index in [9.17, 15) is 22.4 Å². The average Bonchev–Trinajstić information content (AvgIpc) is 3.03. The van der Waals surface area contributed by atoms with Gasteiger partial charge in [0.05, 0.1) is 12.5 Å². The molecule has 3 aromatic rings. The van der Waals surface area contributed by atoms with Crippen molar-refractivity contribution in [2.45, 2.75) is 13.0 Å². The van der Waals surface area contributed by atoms with Crippen molar-refractivity contribution >= 4 is 16.7 Å². The second-order valence-corrected chi connectivity index (χ2v) is 5.67. The second-order valence-electron chi connectivity index (χ2n) is 5.67. The third kappa shape index (κ3) is 3.49. The number of fused-ring (bicyclic) bond motifs is 1. The Hall–Kier alpha value is -3.34. The van der Waals surface area contributed by atoms with Gasteiger partial charge in [-0.2, -0.15) is 14.0 Å². The van der Waals surface area contributed by atoms with Crippen molar-refractivity contribution in [3.8, 4) is 11.8 Å². The zero-order chi connectivity index (χ0) is 19.6. The highest BCUT2D eigenvalue weighted by Gasteiger charge is 2.22. The SMILES string of the molecule is N#CCCn1cc(C(=O)COc2c(F)c(F)cc(F)c2F)c2ccccc21. The first-order chi connectivity index (χ1) is 12.9. The molecule has 0 saturated heterocycles. The predicted molar refractivity (Wildman–Crippen MR) is 88.3 cm³/mol. The summed E-state index contributed by atoms with van der Waals surface area (Å²) in [5.74, 6) is -8.58. The number of aryl methyl sites for hydroxylation is 1. The molecular formula is C19H12F4N2O2. The fraction of sp³-hybridized carbons (Fsp3) is 0.158. The highest BCUT2D eigenvalue weighted by molar-refractivity contribution is 6.08. The molecule has 0 radical (unpaired) electrons. The number of halogens is 4. The summed E-state index contributed by atoms with van der Waals surface area (Å²) in [6, 6.07) is 8.96. The van der Waals surface area contributed by atoms with Crippen LogP contribution in [0.4, 0.5) is 17.6 Å². The van der Waals surface area contributed by atoms with Crippen LogP contribution in [0.25, 0.3) is 10.9 Å². The molecular weight excluding hydrogens is 364 g/mol. The fourth-order valence-corrected chi connectivity index (χ4v) is 2.72. The van der Waals surface area contributed by atoms with Gasteiger partial charge in [0.15, 0.2) is 24.0 Å². The van der Waals surface area contributed by atoms with E-state index in [1.807, 2.05) is 6.07 Å². The Morgan fingerprint density at radius 2 is 1.78 bits per heavy atom. The van der Waals surface area contributed by atoms with Crippen molar-refractivity contribution in [3.63, 3.8) is 0 Å². The Morgan fingerprint density at radius 1 is 1.11 bits per heavy atom. The van der Waals surface area contributed by atoms with E-state index in [0.717, 1.165) is 0 Å². The maximum Gasteiger partial charge on any atom is 0.203 e. The lowest BCUT2D eigenvalue weighted by molar-refractivity contribution is 0.0915. The molecule has 0 bridgehead atoms. The summed E-state index contributed by atoms with van der Waals surface area (Å²) in [6.07, 6.45) is 1.73. The van der Waals surface area contributed by atoms with E-state index >= 15 is 0 Å². The molecule has 0 atom stereocenters. The van der Waals surface area contributed by atoms with Gasteiger partial charge in [-0.1, -0.05) is 18.2 Å². The van der Waals surface area contributed by atoms with Crippen molar-refractivity contribution in [1.29, 1.82) is 5.26 Å². The van der Waals surface area contributed by atoms with Gasteiger partial charge in [-0.05, 0) is 6.07 Å². The van der Waals surface area contributed by atoms with Gasteiger partial charge in [-0.3, -0.25) is 4.79 Å². The van der Waals surface area contributed by atoms with Crippen LogP contribution in [0.3, 0.4) is 0 Å². The number of Topliss-reactive ketones (excluding diaryl/α,β-unsaturated/α-hetero) is 1. The Balaban J connectivity index is 1.89. The zero-order valence-corrected chi connectivity index (χ0v) is 13.8. The number of rotatable bonds is 6. The lowest BCUT2D eigenvalue weighted by atomic mass is 10.1. The van der Waals surface area contributed by atoms with Crippen LogP contribution in [0.2, 0.25) is 0 Å². The predicted octanol–water partition coefficient (Wildman–Crippen LogP) is 4.37. The topological polar surface area (TPSA) is 55.0 Å². The molecule has 138 valence electrons. The van der Waals surface area contributed by atoms with Crippen LogP contribution in [0, 0.1) is 34.6 Å². The Kier molecular flexibility index (Phi) is 5.12. The van der Waals surface area contributed by atoms with Gasteiger partial charge in [0.25, 0.3) is 0 Å². The minimum absolute atomic E-state index is 0.0577. The minimum atomic E-state index is -1.71. The van der Waals surface area contributed by atoms with E-state index < -0.39 is 41.4 Å². The summed E-state index contributed by atoms with van der Waals surface area (Å²) in [6.45, 7) is -0.466. The number of carbonyl (C=O) groups excluding carboxylic acids is 1. The molecule has 27 heavy (non-hydrogen) atoms. The molecule has 1 heterocycles. The molecule has 3 rings (SSSR count). The molecule has 1 aromatic heterocycles. The Morgan fingerprint density at radius 3 is 2.44 bits per heavy atom. The third-order valence-electron chi connectivity index (χ3n) is 3.97. The number of hydrogen-bond acceptors (Lipinski definition) is 3. The molecule has 8 heteroatoms. The number of aromatic nitrogens is 1. The summed E-state index contributed by atoms with van der Waals surface area (Å²) in [7, 11) is 0. The van der Waals surface area contributed by atoms with E-state index in [2.05, 4.69) is 0 Å². The van der Waals surface area contributed by atoms with Crippen molar-refractivity contribution in [2.75, 3.05) is 6.61 Å². The minimum Gasteiger partial charge on any atom is -0.479 e. The molecule has 0 unspecified atom stereocenters. The number of hydrogen-bond donors (Lipinski definition) is 0. The molecule has 2 aromatic carbocycles. The number of nitriles is 1. The van der Waals surface area contributed by atoms with Crippen LogP contribution >= 0.6 is 0 Å². The van der Waals surface area contributed by atoms with Crippen molar-refractivity contribution in [1.82, 2.24) is 4.57 Å². The van der Waals surface area contributed by atoms with Gasteiger partial charge in [-0.15, -0.1) is 0 Å². The van der Waals surface area contributed by atoms with Crippen molar-refractivity contribution in [3.05, 3.63) is 65.4 Å². The van der Waals surface area contributed by atoms with Gasteiger partial charge in [-0.25, -0.2) is 8.78 Å². The van der Waals surface area contributed by atoms with Gasteiger partial charge >= 0.3 is 0 Å². The maximum absolute atomic E-state index is 13.6. The monoisotopic (exact) mass is 376 g/mol. The van der Waals surface area contributed by atoms with Crippen LogP contribution in [0.15, 0.2) is 36.5 Å². The van der Waals surface area contributed by atoms with E-state index in [0.29, 0.717) is 17.4 Å². The molecule has 0 fully saturated rings. The first-order valence-corrected chi connectivity index (χ1v) is 7.87. The molecule has 0 N–H and O–H groups in total. The van der Waals surface area contributed by atoms with Gasteiger partial charge in [0, 0.05) is 35.3 Å². The Bertz CT molecular complexity index is 1040. The standard InChI is InChI=1S/C19H12F4N2O2/c20-13-8-14(21)18(23)19(17(13)22)27-10-16(26)12-9-25(7-3-6-24)15-5-2-1-4-11(12)15/h1-2,4-5,8-9H,3,7,10H2. The highest BCUT2D eigenvalue weighted by atomic mass is 19.2.